The van der Waals surface area contributed by atoms with Crippen LogP contribution in [0.15, 0.2) is 36.4 Å². The Balaban J connectivity index is 0.00000392. The van der Waals surface area contributed by atoms with E-state index in [2.05, 4.69) is 0 Å². The Bertz CT molecular complexity index is 789. The van der Waals surface area contributed by atoms with Gasteiger partial charge in [-0.25, -0.2) is 0 Å². The van der Waals surface area contributed by atoms with Crippen molar-refractivity contribution in [1.82, 2.24) is 5.78 Å². The molecule has 0 heterocycles. The summed E-state index contributed by atoms with van der Waals surface area (Å²) in [6, 6.07) is 11.7. The van der Waals surface area contributed by atoms with Gasteiger partial charge < -0.3 is 34.0 Å². The molecule has 2 aromatic rings. The summed E-state index contributed by atoms with van der Waals surface area (Å²) >= 11 is -1.84. The van der Waals surface area contributed by atoms with Crippen molar-refractivity contribution in [2.45, 2.75) is 41.5 Å². The molecule has 4 nitrogen and oxygen atoms in total. The number of rotatable bonds is 6. The number of aryl methyl sites for hydroxylation is 2. The van der Waals surface area contributed by atoms with Crippen molar-refractivity contribution in [3.05, 3.63) is 69.8 Å². The summed E-state index contributed by atoms with van der Waals surface area (Å²) in [7, 11) is 0. The Morgan fingerprint density at radius 1 is 0.724 bits per heavy atom. The number of halogens is 2. The maximum atomic E-state index is 13.1. The zero-order valence-electron chi connectivity index (χ0n) is 17.8. The summed E-state index contributed by atoms with van der Waals surface area (Å²) in [4.78, 5) is 26.2. The molecule has 0 bridgehead atoms. The Morgan fingerprint density at radius 2 is 1.07 bits per heavy atom. The van der Waals surface area contributed by atoms with Gasteiger partial charge in [-0.15, -0.1) is 0 Å². The molecule has 0 unspecified atom stereocenters. The SMILES string of the molecule is CC[N]([Hf+2][N](CC)C(=O)c1cccc(C)c1C)C(=O)c1cccc(C)c1C.[Br-].[Br-]. The zero-order chi connectivity index (χ0) is 20.1. The van der Waals surface area contributed by atoms with Gasteiger partial charge in [-0.05, 0) is 0 Å². The molecule has 0 saturated heterocycles. The van der Waals surface area contributed by atoms with E-state index in [9.17, 15) is 9.59 Å². The second-order valence-corrected chi connectivity index (χ2v) is 11.3. The maximum Gasteiger partial charge on any atom is -1.00 e. The molecule has 156 valence electrons. The fraction of sp³-hybridized carbons (Fsp3) is 0.364. The normalized spacial score (nSPS) is 9.59. The first kappa shape index (κ1) is 28.2. The van der Waals surface area contributed by atoms with Crippen LogP contribution in [0.5, 0.6) is 0 Å². The number of nitrogens with zero attached hydrogens (tertiary/aromatic N) is 2. The van der Waals surface area contributed by atoms with Crippen molar-refractivity contribution in [3.8, 4) is 0 Å². The summed E-state index contributed by atoms with van der Waals surface area (Å²) in [6.07, 6.45) is 0. The molecule has 2 amide bonds. The first-order chi connectivity index (χ1) is 12.8. The molecule has 2 aromatic carbocycles. The van der Waals surface area contributed by atoms with E-state index < -0.39 is 23.5 Å². The van der Waals surface area contributed by atoms with Gasteiger partial charge in [0.25, 0.3) is 0 Å². The van der Waals surface area contributed by atoms with Gasteiger partial charge >= 0.3 is 175 Å². The number of carbonyl (C=O) groups excluding carboxylic acids is 2. The molecule has 0 saturated carbocycles. The average Bonchev–Trinajstić information content (AvgIpc) is 2.66. The third-order valence-corrected chi connectivity index (χ3v) is 10.5. The maximum absolute atomic E-state index is 13.1. The van der Waals surface area contributed by atoms with Gasteiger partial charge in [0.05, 0.1) is 0 Å². The summed E-state index contributed by atoms with van der Waals surface area (Å²) in [6.45, 7) is 13.3. The molecule has 0 atom stereocenters. The van der Waals surface area contributed by atoms with Gasteiger partial charge in [0.2, 0.25) is 0 Å². The number of benzene rings is 2. The van der Waals surface area contributed by atoms with Crippen LogP contribution in [-0.2, 0) is 23.5 Å². The van der Waals surface area contributed by atoms with Gasteiger partial charge in [-0.3, -0.25) is 0 Å². The van der Waals surface area contributed by atoms with Gasteiger partial charge in [0.1, 0.15) is 0 Å². The molecule has 29 heavy (non-hydrogen) atoms. The van der Waals surface area contributed by atoms with Crippen LogP contribution in [-0.4, -0.2) is 30.7 Å². The first-order valence-corrected chi connectivity index (χ1v) is 12.6. The second kappa shape index (κ2) is 12.8. The molecule has 0 aliphatic carbocycles. The topological polar surface area (TPSA) is 40.6 Å². The molecule has 0 radical (unpaired) electrons. The van der Waals surface area contributed by atoms with Crippen LogP contribution in [0, 0.1) is 27.7 Å². The molecule has 7 heteroatoms. The van der Waals surface area contributed by atoms with Crippen LogP contribution in [0.4, 0.5) is 0 Å². The Kier molecular flexibility index (Phi) is 12.5. The van der Waals surface area contributed by atoms with Crippen LogP contribution >= 0.6 is 0 Å². The van der Waals surface area contributed by atoms with Crippen LogP contribution in [0.25, 0.3) is 0 Å². The molecule has 2 rings (SSSR count). The summed E-state index contributed by atoms with van der Waals surface area (Å²) in [5, 5.41) is 0. The molecule has 0 fully saturated rings. The largest absolute Gasteiger partial charge is 1.00 e. The quantitative estimate of drug-likeness (QED) is 0.346. The van der Waals surface area contributed by atoms with Crippen LogP contribution in [0.1, 0.15) is 56.8 Å². The Morgan fingerprint density at radius 3 is 1.38 bits per heavy atom. The molecule has 0 N–H and O–H groups in total. The van der Waals surface area contributed by atoms with Crippen molar-refractivity contribution in [3.63, 3.8) is 0 Å². The van der Waals surface area contributed by atoms with E-state index in [0.717, 1.165) is 33.4 Å². The molecule has 0 aliphatic rings. The van der Waals surface area contributed by atoms with Crippen LogP contribution in [0.2, 0.25) is 0 Å². The molecule has 0 aliphatic heterocycles. The summed E-state index contributed by atoms with van der Waals surface area (Å²) < 4.78 is 3.85. The predicted molar refractivity (Wildman–Crippen MR) is 105 cm³/mol. The van der Waals surface area contributed by atoms with Gasteiger partial charge in [-0.1, -0.05) is 0 Å². The average molecular weight is 691 g/mol. The Hall–Kier alpha value is -0.790. The molecular formula is C22H28Br2HfN2O2. The van der Waals surface area contributed by atoms with E-state index in [4.69, 9.17) is 0 Å². The van der Waals surface area contributed by atoms with E-state index in [1.54, 1.807) is 0 Å². The summed E-state index contributed by atoms with van der Waals surface area (Å²) in [5.41, 5.74) is 5.77. The molecule has 0 spiro atoms. The van der Waals surface area contributed by atoms with E-state index in [-0.39, 0.29) is 45.8 Å². The van der Waals surface area contributed by atoms with Crippen molar-refractivity contribution >= 4 is 11.8 Å². The smallest absolute Gasteiger partial charge is 1.00 e. The minimum absolute atomic E-state index is 0. The van der Waals surface area contributed by atoms with E-state index in [1.807, 2.05) is 83.7 Å². The first-order valence-electron chi connectivity index (χ1n) is 9.34. The third-order valence-electron chi connectivity index (χ3n) is 5.03. The summed E-state index contributed by atoms with van der Waals surface area (Å²) in [5.74, 6) is 0.100. The number of hydrogen-bond donors (Lipinski definition) is 0. The fourth-order valence-corrected chi connectivity index (χ4v) is 6.50. The number of hydrogen-bond acceptors (Lipinski definition) is 2. The third kappa shape index (κ3) is 6.59. The van der Waals surface area contributed by atoms with E-state index in [0.29, 0.717) is 13.1 Å². The molecule has 0 aromatic heterocycles. The minimum atomic E-state index is -1.84. The van der Waals surface area contributed by atoms with Gasteiger partial charge in [0, 0.05) is 0 Å². The standard InChI is InChI=1S/2C11H15NO.2BrH.Hf/c2*1-4-12-11(13)10-7-5-6-8(2)9(10)3;;;/h2*5-7H,4H2,1-3H3,(H,12,13);2*1H;/q;;;;+4/p-4. The van der Waals surface area contributed by atoms with Crippen LogP contribution in [0.3, 0.4) is 0 Å². The zero-order valence-corrected chi connectivity index (χ0v) is 24.6. The van der Waals surface area contributed by atoms with E-state index >= 15 is 0 Å². The van der Waals surface area contributed by atoms with Gasteiger partial charge in [-0.2, -0.15) is 0 Å². The minimum Gasteiger partial charge on any atom is -1.00 e. The second-order valence-electron chi connectivity index (χ2n) is 6.69. The number of carbonyl (C=O) groups is 2. The van der Waals surface area contributed by atoms with Crippen molar-refractivity contribution in [2.75, 3.05) is 13.1 Å². The van der Waals surface area contributed by atoms with Gasteiger partial charge in [0.15, 0.2) is 0 Å². The van der Waals surface area contributed by atoms with Crippen molar-refractivity contribution in [1.29, 1.82) is 0 Å². The van der Waals surface area contributed by atoms with E-state index in [1.165, 1.54) is 0 Å². The number of amides is 2. The van der Waals surface area contributed by atoms with Crippen molar-refractivity contribution in [2.24, 2.45) is 0 Å². The predicted octanol–water partition coefficient (Wildman–Crippen LogP) is -1.53. The fourth-order valence-electron chi connectivity index (χ4n) is 2.92. The van der Waals surface area contributed by atoms with Crippen molar-refractivity contribution < 1.29 is 67.0 Å². The monoisotopic (exact) mass is 690 g/mol. The molecular weight excluding hydrogens is 663 g/mol. The Labute approximate surface area is 207 Å². The van der Waals surface area contributed by atoms with Crippen LogP contribution < -0.4 is 34.0 Å².